The summed E-state index contributed by atoms with van der Waals surface area (Å²) in [5.41, 5.74) is 14.5. The fourth-order valence-electron chi connectivity index (χ4n) is 2.52. The molecular weight excluding hydrogens is 250 g/mol. The molecule has 0 aliphatic heterocycles. The van der Waals surface area contributed by atoms with E-state index in [1.165, 1.54) is 18.4 Å². The molecule has 0 spiro atoms. The molecule has 1 fully saturated rings. The van der Waals surface area contributed by atoms with Crippen molar-refractivity contribution in [3.63, 3.8) is 0 Å². The molecule has 0 aromatic carbocycles. The van der Waals surface area contributed by atoms with Crippen LogP contribution in [0.5, 0.6) is 0 Å². The average molecular weight is 269 g/mol. The molecule has 0 saturated heterocycles. The van der Waals surface area contributed by atoms with Gasteiger partial charge in [0.2, 0.25) is 0 Å². The molecule has 1 aliphatic rings. The van der Waals surface area contributed by atoms with E-state index in [1.807, 2.05) is 0 Å². The van der Waals surface area contributed by atoms with Gasteiger partial charge in [-0.05, 0) is 42.9 Å². The van der Waals surface area contributed by atoms with Gasteiger partial charge >= 0.3 is 0 Å². The maximum atomic E-state index is 6.22. The summed E-state index contributed by atoms with van der Waals surface area (Å²) in [6, 6.07) is 0.430. The SMILES string of the molecule is Cc1cscc1N(C(N)=S)[C@@H]1CCCC[C@H]1N. The minimum absolute atomic E-state index is 0.171. The van der Waals surface area contributed by atoms with Crippen LogP contribution in [0.3, 0.4) is 0 Å². The summed E-state index contributed by atoms with van der Waals surface area (Å²) in [4.78, 5) is 2.06. The summed E-state index contributed by atoms with van der Waals surface area (Å²) >= 11 is 6.89. The summed E-state index contributed by atoms with van der Waals surface area (Å²) in [5, 5.41) is 4.67. The summed E-state index contributed by atoms with van der Waals surface area (Å²) < 4.78 is 0. The van der Waals surface area contributed by atoms with Gasteiger partial charge in [-0.15, -0.1) is 11.3 Å². The Morgan fingerprint density at radius 2 is 2.12 bits per heavy atom. The number of thiophene rings is 1. The van der Waals surface area contributed by atoms with E-state index < -0.39 is 0 Å². The van der Waals surface area contributed by atoms with Gasteiger partial charge in [0.1, 0.15) is 0 Å². The molecule has 3 nitrogen and oxygen atoms in total. The normalized spacial score (nSPS) is 24.6. The molecule has 2 atom stereocenters. The van der Waals surface area contributed by atoms with Gasteiger partial charge in [-0.25, -0.2) is 0 Å². The van der Waals surface area contributed by atoms with Crippen LogP contribution in [0.1, 0.15) is 31.2 Å². The summed E-state index contributed by atoms with van der Waals surface area (Å²) in [5.74, 6) is 0. The highest BCUT2D eigenvalue weighted by molar-refractivity contribution is 7.80. The van der Waals surface area contributed by atoms with E-state index in [0.717, 1.165) is 18.5 Å². The van der Waals surface area contributed by atoms with Crippen LogP contribution >= 0.6 is 23.6 Å². The lowest BCUT2D eigenvalue weighted by molar-refractivity contribution is 0.384. The van der Waals surface area contributed by atoms with Gasteiger partial charge < -0.3 is 16.4 Å². The van der Waals surface area contributed by atoms with E-state index in [9.17, 15) is 0 Å². The Labute approximate surface area is 112 Å². The lowest BCUT2D eigenvalue weighted by Crippen LogP contribution is -2.54. The van der Waals surface area contributed by atoms with E-state index in [1.54, 1.807) is 11.3 Å². The topological polar surface area (TPSA) is 55.3 Å². The standard InChI is InChI=1S/C12H19N3S2/c1-8-6-17-7-11(8)15(12(14)16)10-5-3-2-4-9(10)13/h6-7,9-10H,2-5,13H2,1H3,(H2,14,16)/t9-,10-/m1/s1. The Kier molecular flexibility index (Phi) is 4.01. The Morgan fingerprint density at radius 3 is 2.65 bits per heavy atom. The molecular formula is C12H19N3S2. The molecule has 17 heavy (non-hydrogen) atoms. The second-order valence-corrected chi connectivity index (χ2v) is 5.83. The van der Waals surface area contributed by atoms with Crippen LogP contribution in [0.2, 0.25) is 0 Å². The smallest absolute Gasteiger partial charge is 0.171 e. The number of hydrogen-bond acceptors (Lipinski definition) is 3. The van der Waals surface area contributed by atoms with Gasteiger partial charge in [-0.1, -0.05) is 12.8 Å². The molecule has 5 heteroatoms. The Balaban J connectivity index is 2.29. The van der Waals surface area contributed by atoms with Crippen molar-refractivity contribution in [2.45, 2.75) is 44.7 Å². The van der Waals surface area contributed by atoms with Crippen molar-refractivity contribution in [2.75, 3.05) is 4.90 Å². The first-order chi connectivity index (χ1) is 8.11. The third-order valence-corrected chi connectivity index (χ3v) is 4.48. The maximum Gasteiger partial charge on any atom is 0.171 e. The number of nitrogens with zero attached hydrogens (tertiary/aromatic N) is 1. The lowest BCUT2D eigenvalue weighted by Gasteiger charge is -2.38. The van der Waals surface area contributed by atoms with Crippen molar-refractivity contribution < 1.29 is 0 Å². The minimum atomic E-state index is 0.171. The molecule has 94 valence electrons. The lowest BCUT2D eigenvalue weighted by atomic mass is 9.89. The molecule has 1 heterocycles. The molecule has 0 unspecified atom stereocenters. The third kappa shape index (κ3) is 2.61. The number of thiocarbonyl (C=S) groups is 1. The van der Waals surface area contributed by atoms with Crippen LogP contribution in [0.25, 0.3) is 0 Å². The van der Waals surface area contributed by atoms with Crippen molar-refractivity contribution in [2.24, 2.45) is 11.5 Å². The van der Waals surface area contributed by atoms with Gasteiger partial charge in [-0.2, -0.15) is 0 Å². The van der Waals surface area contributed by atoms with Crippen molar-refractivity contribution >= 4 is 34.4 Å². The summed E-state index contributed by atoms with van der Waals surface area (Å²) in [6.45, 7) is 2.09. The van der Waals surface area contributed by atoms with Crippen molar-refractivity contribution in [3.05, 3.63) is 16.3 Å². The van der Waals surface area contributed by atoms with Gasteiger partial charge in [0.05, 0.1) is 11.7 Å². The maximum absolute atomic E-state index is 6.22. The van der Waals surface area contributed by atoms with E-state index in [0.29, 0.717) is 5.11 Å². The van der Waals surface area contributed by atoms with E-state index in [2.05, 4.69) is 22.6 Å². The van der Waals surface area contributed by atoms with Crippen molar-refractivity contribution in [1.29, 1.82) is 0 Å². The highest BCUT2D eigenvalue weighted by Crippen LogP contribution is 2.31. The quantitative estimate of drug-likeness (QED) is 0.809. The molecule has 1 aromatic rings. The molecule has 2 rings (SSSR count). The zero-order valence-electron chi connectivity index (χ0n) is 10.1. The molecule has 0 bridgehead atoms. The first-order valence-electron chi connectivity index (χ1n) is 5.98. The van der Waals surface area contributed by atoms with Gasteiger partial charge in [0.25, 0.3) is 0 Å². The zero-order valence-corrected chi connectivity index (χ0v) is 11.7. The van der Waals surface area contributed by atoms with Crippen molar-refractivity contribution in [3.8, 4) is 0 Å². The van der Waals surface area contributed by atoms with Crippen LogP contribution in [-0.4, -0.2) is 17.2 Å². The molecule has 0 radical (unpaired) electrons. The number of rotatable bonds is 2. The second kappa shape index (κ2) is 5.33. The highest BCUT2D eigenvalue weighted by atomic mass is 32.1. The van der Waals surface area contributed by atoms with Crippen LogP contribution in [0.15, 0.2) is 10.8 Å². The van der Waals surface area contributed by atoms with Gasteiger partial charge in [0.15, 0.2) is 5.11 Å². The Hall–Kier alpha value is -0.650. The Morgan fingerprint density at radius 1 is 1.41 bits per heavy atom. The number of nitrogens with two attached hydrogens (primary N) is 2. The predicted octanol–water partition coefficient (Wildman–Crippen LogP) is 2.38. The summed E-state index contributed by atoms with van der Waals surface area (Å²) in [7, 11) is 0. The van der Waals surface area contributed by atoms with Crippen LogP contribution in [0, 0.1) is 6.92 Å². The van der Waals surface area contributed by atoms with Gasteiger partial charge in [-0.3, -0.25) is 0 Å². The Bertz CT molecular complexity index is 402. The van der Waals surface area contributed by atoms with E-state index in [-0.39, 0.29) is 12.1 Å². The largest absolute Gasteiger partial charge is 0.376 e. The fourth-order valence-corrected chi connectivity index (χ4v) is 3.58. The monoisotopic (exact) mass is 269 g/mol. The zero-order chi connectivity index (χ0) is 12.4. The fraction of sp³-hybridized carbons (Fsp3) is 0.583. The van der Waals surface area contributed by atoms with Crippen LogP contribution in [-0.2, 0) is 0 Å². The molecule has 1 aliphatic carbocycles. The minimum Gasteiger partial charge on any atom is -0.376 e. The molecule has 0 amide bonds. The average Bonchev–Trinajstić information content (AvgIpc) is 2.68. The molecule has 4 N–H and O–H groups in total. The van der Waals surface area contributed by atoms with Crippen LogP contribution in [0.4, 0.5) is 5.69 Å². The van der Waals surface area contributed by atoms with E-state index in [4.69, 9.17) is 23.7 Å². The third-order valence-electron chi connectivity index (χ3n) is 3.44. The predicted molar refractivity (Wildman–Crippen MR) is 78.6 cm³/mol. The van der Waals surface area contributed by atoms with Crippen LogP contribution < -0.4 is 16.4 Å². The van der Waals surface area contributed by atoms with Gasteiger partial charge in [0, 0.05) is 11.4 Å². The second-order valence-electron chi connectivity index (χ2n) is 4.66. The van der Waals surface area contributed by atoms with Crippen molar-refractivity contribution in [1.82, 2.24) is 0 Å². The highest BCUT2D eigenvalue weighted by Gasteiger charge is 2.30. The number of aryl methyl sites for hydroxylation is 1. The number of hydrogen-bond donors (Lipinski definition) is 2. The first kappa shape index (κ1) is 12.8. The van der Waals surface area contributed by atoms with E-state index >= 15 is 0 Å². The molecule has 1 saturated carbocycles. The first-order valence-corrected chi connectivity index (χ1v) is 7.33. The summed E-state index contributed by atoms with van der Waals surface area (Å²) in [6.07, 6.45) is 4.56. The molecule has 1 aromatic heterocycles. The number of anilines is 1.